The molecule has 2 aliphatic heterocycles. The summed E-state index contributed by atoms with van der Waals surface area (Å²) in [6, 6.07) is 6.04. The van der Waals surface area contributed by atoms with Crippen LogP contribution in [0.1, 0.15) is 62.5 Å². The quantitative estimate of drug-likeness (QED) is 0.692. The fraction of sp³-hybridized carbons (Fsp3) is 0.696. The van der Waals surface area contributed by atoms with E-state index in [0.29, 0.717) is 24.4 Å². The minimum atomic E-state index is -4.29. The van der Waals surface area contributed by atoms with Crippen LogP contribution in [0.5, 0.6) is 0 Å². The number of carbonyl (C=O) groups excluding carboxylic acids is 1. The number of nitrogens with zero attached hydrogens (tertiary/aromatic N) is 2. The second-order valence-electron chi connectivity index (χ2n) is 9.03. The normalized spacial score (nSPS) is 25.1. The van der Waals surface area contributed by atoms with Gasteiger partial charge in [0.2, 0.25) is 5.91 Å². The van der Waals surface area contributed by atoms with Crippen molar-refractivity contribution in [2.75, 3.05) is 19.6 Å². The van der Waals surface area contributed by atoms with Crippen LogP contribution < -0.4 is 0 Å². The van der Waals surface area contributed by atoms with E-state index in [9.17, 15) is 18.0 Å². The zero-order valence-corrected chi connectivity index (χ0v) is 17.0. The molecule has 160 valence electrons. The van der Waals surface area contributed by atoms with Crippen LogP contribution in [-0.4, -0.2) is 41.4 Å². The molecule has 1 aromatic carbocycles. The Hall–Kier alpha value is -1.56. The number of hydrogen-bond acceptors (Lipinski definition) is 2. The van der Waals surface area contributed by atoms with E-state index in [4.69, 9.17) is 0 Å². The molecule has 0 radical (unpaired) electrons. The Morgan fingerprint density at radius 3 is 2.41 bits per heavy atom. The number of alkyl halides is 3. The molecule has 0 spiro atoms. The first-order valence-electron chi connectivity index (χ1n) is 11.1. The van der Waals surface area contributed by atoms with Crippen molar-refractivity contribution in [3.8, 4) is 0 Å². The molecule has 0 aromatic heterocycles. The third-order valence-electron chi connectivity index (χ3n) is 6.85. The number of carbonyl (C=O) groups is 1. The van der Waals surface area contributed by atoms with Crippen LogP contribution in [0.15, 0.2) is 24.3 Å². The minimum absolute atomic E-state index is 0.275. The van der Waals surface area contributed by atoms with E-state index in [0.717, 1.165) is 69.8 Å². The number of rotatable bonds is 4. The second-order valence-corrected chi connectivity index (χ2v) is 9.03. The van der Waals surface area contributed by atoms with Gasteiger partial charge in [0.05, 0.1) is 5.56 Å². The average molecular weight is 409 g/mol. The number of piperidine rings is 1. The number of halogens is 3. The van der Waals surface area contributed by atoms with Gasteiger partial charge in [0, 0.05) is 25.0 Å². The van der Waals surface area contributed by atoms with Gasteiger partial charge in [-0.3, -0.25) is 9.69 Å². The lowest BCUT2D eigenvalue weighted by molar-refractivity contribution is -0.138. The van der Waals surface area contributed by atoms with Crippen molar-refractivity contribution in [2.45, 2.75) is 70.1 Å². The molecule has 1 aromatic rings. The monoisotopic (exact) mass is 408 g/mol. The van der Waals surface area contributed by atoms with Gasteiger partial charge in [-0.1, -0.05) is 31.0 Å². The lowest BCUT2D eigenvalue weighted by Gasteiger charge is -2.41. The third kappa shape index (κ3) is 5.14. The summed E-state index contributed by atoms with van der Waals surface area (Å²) in [7, 11) is 0. The SMILES string of the molecule is O=C(C1CC1)N1CCCCC[C@H]1C1CCN(Cc2cccc(C(F)(F)F)c2)CC1. The highest BCUT2D eigenvalue weighted by atomic mass is 19.4. The van der Waals surface area contributed by atoms with Crippen LogP contribution in [0.3, 0.4) is 0 Å². The molecule has 0 unspecified atom stereocenters. The number of amides is 1. The molecule has 29 heavy (non-hydrogen) atoms. The molecule has 0 N–H and O–H groups in total. The highest BCUT2D eigenvalue weighted by Gasteiger charge is 2.39. The first kappa shape index (κ1) is 20.7. The fourth-order valence-corrected chi connectivity index (χ4v) is 5.06. The number of likely N-dealkylation sites (tertiary alicyclic amines) is 2. The van der Waals surface area contributed by atoms with Crippen molar-refractivity contribution in [3.63, 3.8) is 0 Å². The molecular formula is C23H31F3N2O. The van der Waals surface area contributed by atoms with Crippen LogP contribution in [0.2, 0.25) is 0 Å². The van der Waals surface area contributed by atoms with E-state index in [2.05, 4.69) is 9.80 Å². The molecule has 3 nitrogen and oxygen atoms in total. The van der Waals surface area contributed by atoms with Crippen molar-refractivity contribution in [1.29, 1.82) is 0 Å². The summed E-state index contributed by atoms with van der Waals surface area (Å²) in [6.45, 7) is 3.25. The average Bonchev–Trinajstić information content (AvgIpc) is 3.55. The van der Waals surface area contributed by atoms with Gasteiger partial charge >= 0.3 is 6.18 Å². The Kier molecular flexibility index (Phi) is 6.19. The first-order chi connectivity index (χ1) is 13.9. The van der Waals surface area contributed by atoms with Gasteiger partial charge in [-0.25, -0.2) is 0 Å². The van der Waals surface area contributed by atoms with Crippen molar-refractivity contribution in [2.24, 2.45) is 11.8 Å². The van der Waals surface area contributed by atoms with Gasteiger partial charge in [0.15, 0.2) is 0 Å². The summed E-state index contributed by atoms with van der Waals surface area (Å²) in [6.07, 6.45) is 4.49. The molecule has 2 saturated heterocycles. The molecule has 4 rings (SSSR count). The Bertz CT molecular complexity index is 708. The molecule has 3 aliphatic rings. The Morgan fingerprint density at radius 1 is 0.966 bits per heavy atom. The Balaban J connectivity index is 1.35. The van der Waals surface area contributed by atoms with Crippen LogP contribution in [0.25, 0.3) is 0 Å². The maximum absolute atomic E-state index is 13.0. The standard InChI is InChI=1S/C23H31F3N2O/c24-23(25,26)20-6-4-5-17(15-20)16-27-13-10-18(11-14-27)21-7-2-1-3-12-28(21)22(29)19-8-9-19/h4-6,15,18-19,21H,1-3,7-14,16H2/t21-/m0/s1. The van der Waals surface area contributed by atoms with E-state index in [1.807, 2.05) is 0 Å². The summed E-state index contributed by atoms with van der Waals surface area (Å²) < 4.78 is 38.9. The number of hydrogen-bond donors (Lipinski definition) is 0. The summed E-state index contributed by atoms with van der Waals surface area (Å²) in [5, 5.41) is 0. The molecule has 0 bridgehead atoms. The summed E-state index contributed by atoms with van der Waals surface area (Å²) in [5.41, 5.74) is 0.149. The van der Waals surface area contributed by atoms with Crippen LogP contribution in [0, 0.1) is 11.8 Å². The molecular weight excluding hydrogens is 377 g/mol. The lowest BCUT2D eigenvalue weighted by Crippen LogP contribution is -2.48. The first-order valence-corrected chi connectivity index (χ1v) is 11.1. The molecule has 6 heteroatoms. The van der Waals surface area contributed by atoms with E-state index in [-0.39, 0.29) is 5.92 Å². The number of benzene rings is 1. The maximum Gasteiger partial charge on any atom is 0.416 e. The highest BCUT2D eigenvalue weighted by molar-refractivity contribution is 5.81. The van der Waals surface area contributed by atoms with Gasteiger partial charge in [-0.15, -0.1) is 0 Å². The van der Waals surface area contributed by atoms with E-state index < -0.39 is 11.7 Å². The van der Waals surface area contributed by atoms with E-state index >= 15 is 0 Å². The molecule has 1 amide bonds. The minimum Gasteiger partial charge on any atom is -0.339 e. The van der Waals surface area contributed by atoms with Gasteiger partial charge in [-0.05, 0) is 69.2 Å². The molecule has 1 atom stereocenters. The Morgan fingerprint density at radius 2 is 1.72 bits per heavy atom. The summed E-state index contributed by atoms with van der Waals surface area (Å²) in [4.78, 5) is 17.3. The van der Waals surface area contributed by atoms with Gasteiger partial charge in [0.25, 0.3) is 0 Å². The zero-order valence-electron chi connectivity index (χ0n) is 17.0. The van der Waals surface area contributed by atoms with Crippen molar-refractivity contribution >= 4 is 5.91 Å². The predicted octanol–water partition coefficient (Wildman–Crippen LogP) is 5.10. The van der Waals surface area contributed by atoms with Crippen LogP contribution in [0.4, 0.5) is 13.2 Å². The molecule has 1 aliphatic carbocycles. The smallest absolute Gasteiger partial charge is 0.339 e. The second kappa shape index (κ2) is 8.66. The topological polar surface area (TPSA) is 23.6 Å². The largest absolute Gasteiger partial charge is 0.416 e. The van der Waals surface area contributed by atoms with Gasteiger partial charge < -0.3 is 4.90 Å². The van der Waals surface area contributed by atoms with E-state index in [1.54, 1.807) is 6.07 Å². The maximum atomic E-state index is 13.0. The summed E-state index contributed by atoms with van der Waals surface area (Å²) >= 11 is 0. The fourth-order valence-electron chi connectivity index (χ4n) is 5.06. The molecule has 1 saturated carbocycles. The van der Waals surface area contributed by atoms with Crippen molar-refractivity contribution in [3.05, 3.63) is 35.4 Å². The predicted molar refractivity (Wildman–Crippen MR) is 106 cm³/mol. The third-order valence-corrected chi connectivity index (χ3v) is 6.85. The lowest BCUT2D eigenvalue weighted by atomic mass is 9.85. The van der Waals surface area contributed by atoms with Gasteiger partial charge in [0.1, 0.15) is 0 Å². The van der Waals surface area contributed by atoms with Crippen LogP contribution >= 0.6 is 0 Å². The van der Waals surface area contributed by atoms with Gasteiger partial charge in [-0.2, -0.15) is 13.2 Å². The Labute approximate surface area is 171 Å². The zero-order chi connectivity index (χ0) is 20.4. The highest BCUT2D eigenvalue weighted by Crippen LogP contribution is 2.36. The van der Waals surface area contributed by atoms with Crippen molar-refractivity contribution in [1.82, 2.24) is 9.80 Å². The molecule has 3 fully saturated rings. The van der Waals surface area contributed by atoms with E-state index in [1.165, 1.54) is 25.0 Å². The van der Waals surface area contributed by atoms with Crippen LogP contribution in [-0.2, 0) is 17.5 Å². The molecule has 2 heterocycles. The van der Waals surface area contributed by atoms with Crippen molar-refractivity contribution < 1.29 is 18.0 Å². The summed E-state index contributed by atoms with van der Waals surface area (Å²) in [5.74, 6) is 1.17.